The Bertz CT molecular complexity index is 362. The molecule has 0 bridgehead atoms. The van der Waals surface area contributed by atoms with Crippen molar-refractivity contribution in [3.8, 4) is 0 Å². The summed E-state index contributed by atoms with van der Waals surface area (Å²) in [5, 5.41) is 0. The van der Waals surface area contributed by atoms with Crippen LogP contribution in [0, 0.1) is 10.8 Å². The van der Waals surface area contributed by atoms with Gasteiger partial charge in [0.2, 0.25) is 11.8 Å². The lowest BCUT2D eigenvalue weighted by Gasteiger charge is -2.40. The molecule has 0 unspecified atom stereocenters. The van der Waals surface area contributed by atoms with Gasteiger partial charge in [-0.2, -0.15) is 0 Å². The first-order valence-corrected chi connectivity index (χ1v) is 6.81. The summed E-state index contributed by atoms with van der Waals surface area (Å²) in [6.07, 6.45) is 2.62. The van der Waals surface area contributed by atoms with E-state index in [2.05, 4.69) is 0 Å². The number of hydrogen-bond acceptors (Lipinski definition) is 2. The quantitative estimate of drug-likeness (QED) is 0.655. The molecule has 2 saturated heterocycles. The molecule has 4 heteroatoms. The SMILES string of the molecule is CN1CCC2(CCN(C(=O)C(C)(C)C)CC2)C1=O. The molecular weight excluding hydrogens is 228 g/mol. The van der Waals surface area contributed by atoms with Crippen LogP contribution in [0.15, 0.2) is 0 Å². The summed E-state index contributed by atoms with van der Waals surface area (Å²) in [5.74, 6) is 0.488. The molecule has 2 fully saturated rings. The van der Waals surface area contributed by atoms with Crippen molar-refractivity contribution in [2.24, 2.45) is 10.8 Å². The average Bonchev–Trinajstić information content (AvgIpc) is 2.58. The molecule has 1 spiro atoms. The minimum Gasteiger partial charge on any atom is -0.345 e. The van der Waals surface area contributed by atoms with Gasteiger partial charge >= 0.3 is 0 Å². The maximum absolute atomic E-state index is 12.2. The van der Waals surface area contributed by atoms with E-state index in [9.17, 15) is 9.59 Å². The van der Waals surface area contributed by atoms with Crippen LogP contribution >= 0.6 is 0 Å². The summed E-state index contributed by atoms with van der Waals surface area (Å²) in [6.45, 7) is 8.19. The highest BCUT2D eigenvalue weighted by Gasteiger charge is 2.47. The monoisotopic (exact) mass is 252 g/mol. The average molecular weight is 252 g/mol. The van der Waals surface area contributed by atoms with E-state index in [4.69, 9.17) is 0 Å². The smallest absolute Gasteiger partial charge is 0.228 e. The molecule has 2 rings (SSSR count). The third kappa shape index (κ3) is 2.13. The van der Waals surface area contributed by atoms with E-state index >= 15 is 0 Å². The van der Waals surface area contributed by atoms with Crippen LogP contribution in [-0.2, 0) is 9.59 Å². The molecule has 0 aromatic carbocycles. The normalized spacial score (nSPS) is 23.9. The molecule has 2 aliphatic rings. The summed E-state index contributed by atoms with van der Waals surface area (Å²) >= 11 is 0. The Morgan fingerprint density at radius 1 is 1.11 bits per heavy atom. The van der Waals surface area contributed by atoms with E-state index in [0.717, 1.165) is 38.9 Å². The number of likely N-dealkylation sites (tertiary alicyclic amines) is 2. The maximum atomic E-state index is 12.2. The van der Waals surface area contributed by atoms with Gasteiger partial charge in [-0.3, -0.25) is 9.59 Å². The molecular formula is C14H24N2O2. The van der Waals surface area contributed by atoms with E-state index in [1.54, 1.807) is 0 Å². The van der Waals surface area contributed by atoms with Crippen LogP contribution in [0.5, 0.6) is 0 Å². The number of rotatable bonds is 0. The minimum absolute atomic E-state index is 0.163. The third-order valence-electron chi connectivity index (χ3n) is 4.38. The molecule has 2 heterocycles. The van der Waals surface area contributed by atoms with Gasteiger partial charge in [0.15, 0.2) is 0 Å². The summed E-state index contributed by atoms with van der Waals surface area (Å²) in [7, 11) is 1.88. The summed E-state index contributed by atoms with van der Waals surface area (Å²) in [6, 6.07) is 0. The zero-order valence-corrected chi connectivity index (χ0v) is 12.0. The zero-order valence-electron chi connectivity index (χ0n) is 12.0. The fraction of sp³-hybridized carbons (Fsp3) is 0.857. The van der Waals surface area contributed by atoms with Crippen LogP contribution in [0.4, 0.5) is 0 Å². The van der Waals surface area contributed by atoms with E-state index < -0.39 is 0 Å². The lowest BCUT2D eigenvalue weighted by atomic mass is 9.76. The molecule has 0 aliphatic carbocycles. The van der Waals surface area contributed by atoms with E-state index in [0.29, 0.717) is 0 Å². The van der Waals surface area contributed by atoms with Crippen LogP contribution in [-0.4, -0.2) is 48.3 Å². The van der Waals surface area contributed by atoms with Gasteiger partial charge in [0, 0.05) is 32.1 Å². The van der Waals surface area contributed by atoms with Gasteiger partial charge < -0.3 is 9.80 Å². The van der Waals surface area contributed by atoms with Crippen LogP contribution < -0.4 is 0 Å². The van der Waals surface area contributed by atoms with Crippen LogP contribution in [0.2, 0.25) is 0 Å². The van der Waals surface area contributed by atoms with E-state index in [1.807, 2.05) is 37.6 Å². The van der Waals surface area contributed by atoms with E-state index in [1.165, 1.54) is 0 Å². The predicted octanol–water partition coefficient (Wildman–Crippen LogP) is 1.50. The van der Waals surface area contributed by atoms with Gasteiger partial charge in [-0.05, 0) is 19.3 Å². The van der Waals surface area contributed by atoms with Crippen LogP contribution in [0.1, 0.15) is 40.0 Å². The van der Waals surface area contributed by atoms with Crippen LogP contribution in [0.3, 0.4) is 0 Å². The number of nitrogens with zero attached hydrogens (tertiary/aromatic N) is 2. The Morgan fingerprint density at radius 2 is 1.61 bits per heavy atom. The first-order valence-electron chi connectivity index (χ1n) is 6.81. The van der Waals surface area contributed by atoms with Gasteiger partial charge in [-0.25, -0.2) is 0 Å². The number of piperidine rings is 1. The molecule has 102 valence electrons. The molecule has 0 atom stereocenters. The van der Waals surface area contributed by atoms with Gasteiger partial charge in [0.05, 0.1) is 5.41 Å². The molecule has 0 aromatic rings. The van der Waals surface area contributed by atoms with Crippen molar-refractivity contribution in [3.05, 3.63) is 0 Å². The first-order chi connectivity index (χ1) is 8.26. The highest BCUT2D eigenvalue weighted by atomic mass is 16.2. The standard InChI is InChI=1S/C14H24N2O2/c1-13(2,3)11(17)16-9-6-14(7-10-16)5-8-15(4)12(14)18/h5-10H2,1-4H3. The second-order valence-electron chi connectivity index (χ2n) is 6.80. The van der Waals surface area contributed by atoms with Crippen molar-refractivity contribution >= 4 is 11.8 Å². The Labute approximate surface area is 109 Å². The lowest BCUT2D eigenvalue weighted by Crippen LogP contribution is -2.49. The third-order valence-corrected chi connectivity index (χ3v) is 4.38. The summed E-state index contributed by atoms with van der Waals surface area (Å²) in [5.41, 5.74) is -0.482. The molecule has 0 saturated carbocycles. The lowest BCUT2D eigenvalue weighted by molar-refractivity contribution is -0.146. The molecule has 4 nitrogen and oxygen atoms in total. The Hall–Kier alpha value is -1.06. The van der Waals surface area contributed by atoms with Crippen molar-refractivity contribution in [3.63, 3.8) is 0 Å². The Balaban J connectivity index is 2.01. The summed E-state index contributed by atoms with van der Waals surface area (Å²) < 4.78 is 0. The minimum atomic E-state index is -0.318. The fourth-order valence-electron chi connectivity index (χ4n) is 3.07. The number of hydrogen-bond donors (Lipinski definition) is 0. The van der Waals surface area contributed by atoms with Crippen molar-refractivity contribution in [1.29, 1.82) is 0 Å². The predicted molar refractivity (Wildman–Crippen MR) is 70.0 cm³/mol. The molecule has 0 aromatic heterocycles. The molecule has 2 aliphatic heterocycles. The second-order valence-corrected chi connectivity index (χ2v) is 6.80. The van der Waals surface area contributed by atoms with Crippen LogP contribution in [0.25, 0.3) is 0 Å². The van der Waals surface area contributed by atoms with Crippen molar-refractivity contribution in [2.75, 3.05) is 26.7 Å². The molecule has 2 amide bonds. The highest BCUT2D eigenvalue weighted by Crippen LogP contribution is 2.41. The topological polar surface area (TPSA) is 40.6 Å². The van der Waals surface area contributed by atoms with Gasteiger partial charge in [-0.15, -0.1) is 0 Å². The number of carbonyl (C=O) groups excluding carboxylic acids is 2. The fourth-order valence-corrected chi connectivity index (χ4v) is 3.07. The van der Waals surface area contributed by atoms with Crippen molar-refractivity contribution < 1.29 is 9.59 Å². The molecule has 0 radical (unpaired) electrons. The second kappa shape index (κ2) is 4.25. The number of amides is 2. The van der Waals surface area contributed by atoms with Gasteiger partial charge in [0.1, 0.15) is 0 Å². The van der Waals surface area contributed by atoms with Gasteiger partial charge in [-0.1, -0.05) is 20.8 Å². The van der Waals surface area contributed by atoms with Crippen molar-refractivity contribution in [1.82, 2.24) is 9.80 Å². The zero-order chi connectivity index (χ0) is 13.6. The largest absolute Gasteiger partial charge is 0.345 e. The number of carbonyl (C=O) groups is 2. The van der Waals surface area contributed by atoms with Gasteiger partial charge in [0.25, 0.3) is 0 Å². The Morgan fingerprint density at radius 3 is 2.00 bits per heavy atom. The maximum Gasteiger partial charge on any atom is 0.228 e. The molecule has 0 N–H and O–H groups in total. The molecule has 18 heavy (non-hydrogen) atoms. The van der Waals surface area contributed by atoms with E-state index in [-0.39, 0.29) is 22.6 Å². The first kappa shape index (κ1) is 13.4. The summed E-state index contributed by atoms with van der Waals surface area (Å²) in [4.78, 5) is 28.1. The van der Waals surface area contributed by atoms with Crippen molar-refractivity contribution in [2.45, 2.75) is 40.0 Å². The highest BCUT2D eigenvalue weighted by molar-refractivity contribution is 5.86. The Kier molecular flexibility index (Phi) is 3.16.